The summed E-state index contributed by atoms with van der Waals surface area (Å²) in [5, 5.41) is 0. The van der Waals surface area contributed by atoms with Gasteiger partial charge in [-0.25, -0.2) is 0 Å². The standard InChI is InChI=1S/C27H43N3O3/c1-6-7-14-25(31)30-20-17-28(18-21-30)16-19-29(26(32)22-27(2,3)4)15-10-12-23-11-8-9-13-24(23)33-5/h8-13H,6-7,14-22H2,1-5H3/b12-10+. The molecule has 0 saturated carbocycles. The molecule has 1 aromatic carbocycles. The Bertz CT molecular complexity index is 777. The molecule has 0 bridgehead atoms. The predicted molar refractivity (Wildman–Crippen MR) is 135 cm³/mol. The van der Waals surface area contributed by atoms with Crippen LogP contribution in [0.25, 0.3) is 6.08 Å². The molecule has 6 nitrogen and oxygen atoms in total. The van der Waals surface area contributed by atoms with Crippen molar-refractivity contribution in [3.8, 4) is 5.75 Å². The third kappa shape index (κ3) is 9.58. The number of nitrogens with zero attached hydrogens (tertiary/aromatic N) is 3. The van der Waals surface area contributed by atoms with Gasteiger partial charge in [-0.05, 0) is 17.9 Å². The molecule has 1 aliphatic heterocycles. The van der Waals surface area contributed by atoms with Crippen LogP contribution in [0.4, 0.5) is 0 Å². The van der Waals surface area contributed by atoms with Gasteiger partial charge in [0, 0.05) is 64.2 Å². The molecule has 1 fully saturated rings. The minimum atomic E-state index is -0.0494. The Morgan fingerprint density at radius 1 is 1.12 bits per heavy atom. The monoisotopic (exact) mass is 457 g/mol. The van der Waals surface area contributed by atoms with Crippen LogP contribution in [0.5, 0.6) is 5.75 Å². The number of unbranched alkanes of at least 4 members (excludes halogenated alkanes) is 1. The lowest BCUT2D eigenvalue weighted by atomic mass is 9.91. The highest BCUT2D eigenvalue weighted by molar-refractivity contribution is 5.77. The van der Waals surface area contributed by atoms with E-state index in [2.05, 4.69) is 32.6 Å². The number of ether oxygens (including phenoxy) is 1. The van der Waals surface area contributed by atoms with Crippen LogP contribution in [0.2, 0.25) is 0 Å². The summed E-state index contributed by atoms with van der Waals surface area (Å²) in [7, 11) is 1.67. The summed E-state index contributed by atoms with van der Waals surface area (Å²) in [6.45, 7) is 13.8. The third-order valence-corrected chi connectivity index (χ3v) is 5.95. The van der Waals surface area contributed by atoms with Crippen molar-refractivity contribution in [2.45, 2.75) is 53.4 Å². The number of benzene rings is 1. The Labute approximate surface area is 200 Å². The number of amides is 2. The second-order valence-corrected chi connectivity index (χ2v) is 10.0. The average Bonchev–Trinajstić information content (AvgIpc) is 2.79. The Morgan fingerprint density at radius 3 is 2.45 bits per heavy atom. The zero-order valence-corrected chi connectivity index (χ0v) is 21.3. The molecule has 0 aromatic heterocycles. The van der Waals surface area contributed by atoms with E-state index in [4.69, 9.17) is 4.74 Å². The number of hydrogen-bond donors (Lipinski definition) is 0. The fraction of sp³-hybridized carbons (Fsp3) is 0.630. The number of para-hydroxylation sites is 1. The largest absolute Gasteiger partial charge is 0.496 e. The van der Waals surface area contributed by atoms with E-state index in [0.29, 0.717) is 25.9 Å². The number of piperazine rings is 1. The van der Waals surface area contributed by atoms with E-state index in [-0.39, 0.29) is 17.2 Å². The van der Waals surface area contributed by atoms with Crippen LogP contribution >= 0.6 is 0 Å². The molecule has 2 rings (SSSR count). The second kappa shape index (κ2) is 13.4. The highest BCUT2D eigenvalue weighted by atomic mass is 16.5. The number of hydrogen-bond acceptors (Lipinski definition) is 4. The van der Waals surface area contributed by atoms with Crippen molar-refractivity contribution in [2.75, 3.05) is 52.9 Å². The van der Waals surface area contributed by atoms with Crippen LogP contribution < -0.4 is 4.74 Å². The summed E-state index contributed by atoms with van der Waals surface area (Å²) in [5.74, 6) is 1.29. The Balaban J connectivity index is 1.93. The molecule has 0 spiro atoms. The number of carbonyl (C=O) groups excluding carboxylic acids is 2. The lowest BCUT2D eigenvalue weighted by molar-refractivity contribution is -0.133. The molecule has 0 unspecified atom stereocenters. The van der Waals surface area contributed by atoms with Gasteiger partial charge in [-0.3, -0.25) is 14.5 Å². The molecule has 1 saturated heterocycles. The van der Waals surface area contributed by atoms with Gasteiger partial charge in [0.1, 0.15) is 5.75 Å². The molecule has 1 aromatic rings. The highest BCUT2D eigenvalue weighted by Gasteiger charge is 2.23. The van der Waals surface area contributed by atoms with Crippen molar-refractivity contribution in [3.63, 3.8) is 0 Å². The van der Waals surface area contributed by atoms with Crippen LogP contribution in [0.15, 0.2) is 30.3 Å². The maximum atomic E-state index is 13.0. The van der Waals surface area contributed by atoms with Gasteiger partial charge in [-0.1, -0.05) is 64.5 Å². The van der Waals surface area contributed by atoms with Crippen molar-refractivity contribution >= 4 is 17.9 Å². The Hall–Kier alpha value is -2.34. The van der Waals surface area contributed by atoms with Crippen molar-refractivity contribution in [3.05, 3.63) is 35.9 Å². The summed E-state index contributed by atoms with van der Waals surface area (Å²) in [6, 6.07) is 7.89. The van der Waals surface area contributed by atoms with Gasteiger partial charge in [-0.15, -0.1) is 0 Å². The molecule has 0 atom stereocenters. The molecule has 6 heteroatoms. The molecule has 1 aliphatic rings. The van der Waals surface area contributed by atoms with Crippen molar-refractivity contribution in [1.29, 1.82) is 0 Å². The molecular weight excluding hydrogens is 414 g/mol. The lowest BCUT2D eigenvalue weighted by Gasteiger charge is -2.36. The van der Waals surface area contributed by atoms with Gasteiger partial charge < -0.3 is 14.5 Å². The van der Waals surface area contributed by atoms with Gasteiger partial charge >= 0.3 is 0 Å². The topological polar surface area (TPSA) is 53.1 Å². The van der Waals surface area contributed by atoms with Crippen molar-refractivity contribution in [1.82, 2.24) is 14.7 Å². The third-order valence-electron chi connectivity index (χ3n) is 5.95. The molecular formula is C27H43N3O3. The van der Waals surface area contributed by atoms with E-state index >= 15 is 0 Å². The summed E-state index contributed by atoms with van der Waals surface area (Å²) >= 11 is 0. The van der Waals surface area contributed by atoms with Crippen LogP contribution in [-0.4, -0.2) is 79.4 Å². The molecule has 1 heterocycles. The number of rotatable bonds is 11. The van der Waals surface area contributed by atoms with E-state index in [0.717, 1.165) is 56.9 Å². The molecule has 184 valence electrons. The van der Waals surface area contributed by atoms with E-state index in [1.54, 1.807) is 7.11 Å². The van der Waals surface area contributed by atoms with Crippen LogP contribution in [0.1, 0.15) is 58.9 Å². The number of carbonyl (C=O) groups is 2. The van der Waals surface area contributed by atoms with Gasteiger partial charge in [0.25, 0.3) is 0 Å². The predicted octanol–water partition coefficient (Wildman–Crippen LogP) is 4.31. The zero-order chi connectivity index (χ0) is 24.3. The van der Waals surface area contributed by atoms with E-state index in [1.165, 1.54) is 0 Å². The molecule has 0 aliphatic carbocycles. The summed E-state index contributed by atoms with van der Waals surface area (Å²) in [6.07, 6.45) is 7.26. The minimum Gasteiger partial charge on any atom is -0.496 e. The van der Waals surface area contributed by atoms with E-state index < -0.39 is 0 Å². The average molecular weight is 458 g/mol. The fourth-order valence-corrected chi connectivity index (χ4v) is 3.96. The quantitative estimate of drug-likeness (QED) is 0.497. The highest BCUT2D eigenvalue weighted by Crippen LogP contribution is 2.21. The first-order valence-corrected chi connectivity index (χ1v) is 12.3. The molecule has 33 heavy (non-hydrogen) atoms. The van der Waals surface area contributed by atoms with Crippen LogP contribution in [0, 0.1) is 5.41 Å². The maximum Gasteiger partial charge on any atom is 0.223 e. The van der Waals surface area contributed by atoms with Gasteiger partial charge in [0.15, 0.2) is 0 Å². The zero-order valence-electron chi connectivity index (χ0n) is 21.3. The summed E-state index contributed by atoms with van der Waals surface area (Å²) in [5.41, 5.74) is 0.957. The van der Waals surface area contributed by atoms with Gasteiger partial charge in [0.2, 0.25) is 11.8 Å². The first-order valence-electron chi connectivity index (χ1n) is 12.3. The first-order chi connectivity index (χ1) is 15.7. The minimum absolute atomic E-state index is 0.0494. The smallest absolute Gasteiger partial charge is 0.223 e. The van der Waals surface area contributed by atoms with E-state index in [9.17, 15) is 9.59 Å². The van der Waals surface area contributed by atoms with Crippen LogP contribution in [0.3, 0.4) is 0 Å². The van der Waals surface area contributed by atoms with E-state index in [1.807, 2.05) is 46.2 Å². The first kappa shape index (κ1) is 26.9. The normalized spacial score (nSPS) is 15.1. The van der Waals surface area contributed by atoms with Crippen molar-refractivity contribution < 1.29 is 14.3 Å². The summed E-state index contributed by atoms with van der Waals surface area (Å²) in [4.78, 5) is 31.6. The van der Waals surface area contributed by atoms with Gasteiger partial charge in [-0.2, -0.15) is 0 Å². The summed E-state index contributed by atoms with van der Waals surface area (Å²) < 4.78 is 5.42. The Kier molecular flexibility index (Phi) is 10.9. The SMILES string of the molecule is CCCCC(=O)N1CCN(CCN(C/C=C/c2ccccc2OC)C(=O)CC(C)(C)C)CC1. The molecule has 2 amide bonds. The number of methoxy groups -OCH3 is 1. The van der Waals surface area contributed by atoms with Crippen molar-refractivity contribution in [2.24, 2.45) is 5.41 Å². The molecule has 0 radical (unpaired) electrons. The lowest BCUT2D eigenvalue weighted by Crippen LogP contribution is -2.50. The van der Waals surface area contributed by atoms with Gasteiger partial charge in [0.05, 0.1) is 7.11 Å². The second-order valence-electron chi connectivity index (χ2n) is 10.0. The maximum absolute atomic E-state index is 13.0. The fourth-order valence-electron chi connectivity index (χ4n) is 3.96. The Morgan fingerprint density at radius 2 is 1.82 bits per heavy atom. The molecule has 0 N–H and O–H groups in total. The van der Waals surface area contributed by atoms with Crippen LogP contribution in [-0.2, 0) is 9.59 Å².